The van der Waals surface area contributed by atoms with Gasteiger partial charge < -0.3 is 5.32 Å². The molecule has 2 amide bonds. The molecular formula is C31H32ClIN8O2. The number of carbonyl (C=O) groups excluding carboxylic acids is 2. The molecular weight excluding hydrogens is 679 g/mol. The molecule has 4 aromatic rings. The maximum atomic E-state index is 13.5. The van der Waals surface area contributed by atoms with E-state index in [0.717, 1.165) is 53.6 Å². The molecule has 1 aromatic carbocycles. The molecule has 1 aliphatic heterocycles. The highest BCUT2D eigenvalue weighted by molar-refractivity contribution is 14.1. The molecule has 1 saturated carbocycles. The average molecular weight is 711 g/mol. The second kappa shape index (κ2) is 11.6. The summed E-state index contributed by atoms with van der Waals surface area (Å²) in [6.45, 7) is 8.43. The van der Waals surface area contributed by atoms with Crippen LogP contribution in [0.2, 0.25) is 5.02 Å². The van der Waals surface area contributed by atoms with Crippen LogP contribution in [-0.2, 0) is 10.3 Å². The Balaban J connectivity index is 1.27. The van der Waals surface area contributed by atoms with E-state index in [4.69, 9.17) is 21.6 Å². The highest BCUT2D eigenvalue weighted by Crippen LogP contribution is 2.46. The Labute approximate surface area is 268 Å². The quantitative estimate of drug-likeness (QED) is 0.172. The van der Waals surface area contributed by atoms with E-state index in [1.54, 1.807) is 24.2 Å². The molecule has 0 bridgehead atoms. The van der Waals surface area contributed by atoms with Gasteiger partial charge in [0.15, 0.2) is 0 Å². The third-order valence-corrected chi connectivity index (χ3v) is 9.61. The Morgan fingerprint density at radius 2 is 1.86 bits per heavy atom. The van der Waals surface area contributed by atoms with Crippen LogP contribution in [0.15, 0.2) is 36.9 Å². The lowest BCUT2D eigenvalue weighted by Crippen LogP contribution is -2.43. The molecule has 0 spiro atoms. The lowest BCUT2D eigenvalue weighted by molar-refractivity contribution is -0.117. The Hall–Kier alpha value is -3.45. The summed E-state index contributed by atoms with van der Waals surface area (Å²) in [6, 6.07) is 3.89. The third-order valence-electron chi connectivity index (χ3n) is 8.53. The Kier molecular flexibility index (Phi) is 7.97. The van der Waals surface area contributed by atoms with Crippen LogP contribution in [0.25, 0.3) is 11.3 Å². The van der Waals surface area contributed by atoms with Crippen LogP contribution in [0.5, 0.6) is 0 Å². The number of amides is 2. The summed E-state index contributed by atoms with van der Waals surface area (Å²) in [7, 11) is 0. The van der Waals surface area contributed by atoms with Crippen molar-refractivity contribution >= 4 is 57.6 Å². The van der Waals surface area contributed by atoms with E-state index >= 15 is 0 Å². The van der Waals surface area contributed by atoms with Gasteiger partial charge in [0.25, 0.3) is 5.91 Å². The van der Waals surface area contributed by atoms with Crippen LogP contribution in [-0.4, -0.2) is 48.1 Å². The topological polar surface area (TPSA) is 119 Å². The fourth-order valence-corrected chi connectivity index (χ4v) is 6.69. The summed E-state index contributed by atoms with van der Waals surface area (Å²) in [6.07, 6.45) is 11.2. The summed E-state index contributed by atoms with van der Waals surface area (Å²) in [4.78, 5) is 45.9. The van der Waals surface area contributed by atoms with E-state index in [1.165, 1.54) is 0 Å². The highest BCUT2D eigenvalue weighted by atomic mass is 127. The van der Waals surface area contributed by atoms with Gasteiger partial charge in [0.05, 0.1) is 35.0 Å². The number of nitrogens with one attached hydrogen (secondary N) is 1. The minimum Gasteiger partial charge on any atom is -0.318 e. The number of anilines is 2. The van der Waals surface area contributed by atoms with E-state index in [-0.39, 0.29) is 21.4 Å². The normalized spacial score (nSPS) is 16.7. The Bertz CT molecular complexity index is 1750. The number of hydrogen-bond donors (Lipinski definition) is 1. The molecule has 43 heavy (non-hydrogen) atoms. The lowest BCUT2D eigenvalue weighted by Gasteiger charge is -2.42. The summed E-state index contributed by atoms with van der Waals surface area (Å²) in [5.74, 6) is 0.154. The molecule has 1 atom stereocenters. The molecule has 0 radical (unpaired) electrons. The first-order valence-corrected chi connectivity index (χ1v) is 16.0. The zero-order valence-electron chi connectivity index (χ0n) is 24.5. The minimum atomic E-state index is -0.410. The molecule has 222 valence electrons. The molecule has 1 saturated heterocycles. The van der Waals surface area contributed by atoms with E-state index in [0.29, 0.717) is 41.0 Å². The zero-order chi connectivity index (χ0) is 30.5. The van der Waals surface area contributed by atoms with Gasteiger partial charge in [-0.2, -0.15) is 5.10 Å². The van der Waals surface area contributed by atoms with Crippen LogP contribution in [0, 0.1) is 20.8 Å². The van der Waals surface area contributed by atoms with Gasteiger partial charge in [-0.25, -0.2) is 15.0 Å². The van der Waals surface area contributed by atoms with Crippen molar-refractivity contribution in [2.24, 2.45) is 0 Å². The number of nitrogens with zero attached hydrogens (tertiary/aromatic N) is 7. The number of aromatic nitrogens is 6. The van der Waals surface area contributed by atoms with E-state index in [1.807, 2.05) is 43.1 Å². The Morgan fingerprint density at radius 3 is 2.51 bits per heavy atom. The van der Waals surface area contributed by atoms with Crippen molar-refractivity contribution in [3.8, 4) is 11.3 Å². The molecule has 3 aromatic heterocycles. The molecule has 4 heterocycles. The van der Waals surface area contributed by atoms with Crippen molar-refractivity contribution in [1.82, 2.24) is 29.7 Å². The number of rotatable bonds is 7. The van der Waals surface area contributed by atoms with Gasteiger partial charge in [-0.3, -0.25) is 24.2 Å². The van der Waals surface area contributed by atoms with Crippen molar-refractivity contribution in [2.75, 3.05) is 16.8 Å². The Morgan fingerprint density at radius 1 is 1.07 bits per heavy atom. The van der Waals surface area contributed by atoms with Gasteiger partial charge in [0.1, 0.15) is 5.69 Å². The van der Waals surface area contributed by atoms with Crippen molar-refractivity contribution in [1.29, 1.82) is 0 Å². The summed E-state index contributed by atoms with van der Waals surface area (Å²) < 4.78 is 2.11. The van der Waals surface area contributed by atoms with E-state index < -0.39 is 5.54 Å². The molecule has 2 aliphatic rings. The summed E-state index contributed by atoms with van der Waals surface area (Å²) in [5, 5.41) is 8.27. The van der Waals surface area contributed by atoms with Gasteiger partial charge in [0.2, 0.25) is 11.9 Å². The minimum absolute atomic E-state index is 0.0612. The standard InChI is InChI=1S/C31H32ClIN8O2/c1-17-24(32)9-8-22(18(2)33)27(17)25-15-34-20(4)28(39-25)29(43)38-21-13-36-41(16-21)31(10-6-11-31)23-14-35-30(37-19(23)3)40-12-5-7-26(40)42/h8-9,13-16,18H,5-7,10-12H2,1-4H3,(H,38,43). The predicted molar refractivity (Wildman–Crippen MR) is 174 cm³/mol. The van der Waals surface area contributed by atoms with E-state index in [2.05, 4.69) is 49.9 Å². The number of carbonyl (C=O) groups is 2. The number of hydrogen-bond acceptors (Lipinski definition) is 7. The van der Waals surface area contributed by atoms with Gasteiger partial charge in [0, 0.05) is 51.1 Å². The number of halogens is 2. The zero-order valence-corrected chi connectivity index (χ0v) is 27.4. The molecule has 12 heteroatoms. The van der Waals surface area contributed by atoms with Gasteiger partial charge >= 0.3 is 0 Å². The molecule has 1 N–H and O–H groups in total. The maximum Gasteiger partial charge on any atom is 0.276 e. The second-order valence-corrected chi connectivity index (χ2v) is 13.5. The SMILES string of the molecule is Cc1nc(N2CCCC2=O)ncc1C1(n2cc(NC(=O)c3nc(-c4c(C(C)I)ccc(Cl)c4C)cnc3C)cn2)CCC1. The van der Waals surface area contributed by atoms with Crippen LogP contribution in [0.3, 0.4) is 0 Å². The first-order valence-electron chi connectivity index (χ1n) is 14.4. The smallest absolute Gasteiger partial charge is 0.276 e. The van der Waals surface area contributed by atoms with Crippen LogP contribution in [0.4, 0.5) is 11.6 Å². The third kappa shape index (κ3) is 5.30. The maximum absolute atomic E-state index is 13.5. The van der Waals surface area contributed by atoms with E-state index in [9.17, 15) is 9.59 Å². The molecule has 2 fully saturated rings. The monoisotopic (exact) mass is 710 g/mol. The van der Waals surface area contributed by atoms with Crippen LogP contribution >= 0.6 is 34.2 Å². The van der Waals surface area contributed by atoms with Crippen molar-refractivity contribution in [2.45, 2.75) is 69.3 Å². The van der Waals surface area contributed by atoms with Gasteiger partial charge in [-0.1, -0.05) is 40.3 Å². The van der Waals surface area contributed by atoms with Crippen molar-refractivity contribution < 1.29 is 9.59 Å². The van der Waals surface area contributed by atoms with Crippen LogP contribution < -0.4 is 10.2 Å². The molecule has 1 aliphatic carbocycles. The second-order valence-electron chi connectivity index (χ2n) is 11.3. The average Bonchev–Trinajstić information content (AvgIpc) is 3.59. The first-order chi connectivity index (χ1) is 20.6. The molecule has 1 unspecified atom stereocenters. The summed E-state index contributed by atoms with van der Waals surface area (Å²) >= 11 is 8.83. The van der Waals surface area contributed by atoms with Crippen LogP contribution in [0.1, 0.15) is 81.5 Å². The molecule has 10 nitrogen and oxygen atoms in total. The lowest BCUT2D eigenvalue weighted by atomic mass is 9.72. The fourth-order valence-electron chi connectivity index (χ4n) is 6.01. The number of alkyl halides is 1. The predicted octanol–water partition coefficient (Wildman–Crippen LogP) is 6.51. The first kappa shape index (κ1) is 29.6. The van der Waals surface area contributed by atoms with Crippen molar-refractivity contribution in [3.63, 3.8) is 0 Å². The van der Waals surface area contributed by atoms with Gasteiger partial charge in [-0.05, 0) is 70.6 Å². The van der Waals surface area contributed by atoms with Crippen molar-refractivity contribution in [3.05, 3.63) is 75.7 Å². The molecule has 6 rings (SSSR count). The highest BCUT2D eigenvalue weighted by Gasteiger charge is 2.43. The number of benzene rings is 1. The van der Waals surface area contributed by atoms with Gasteiger partial charge in [-0.15, -0.1) is 0 Å². The summed E-state index contributed by atoms with van der Waals surface area (Å²) in [5.41, 5.74) is 6.20. The number of aryl methyl sites for hydroxylation is 2. The fraction of sp³-hybridized carbons (Fsp3) is 0.387. The largest absolute Gasteiger partial charge is 0.318 e.